The van der Waals surface area contributed by atoms with Crippen molar-refractivity contribution >= 4 is 15.9 Å². The molecule has 0 spiro atoms. The third-order valence-corrected chi connectivity index (χ3v) is 7.17. The van der Waals surface area contributed by atoms with E-state index in [1.807, 2.05) is 4.90 Å². The number of rotatable bonds is 5. The molecule has 0 saturated carbocycles. The van der Waals surface area contributed by atoms with Crippen molar-refractivity contribution in [2.24, 2.45) is 0 Å². The highest BCUT2D eigenvalue weighted by Crippen LogP contribution is 2.28. The minimum atomic E-state index is -3.72. The molecule has 3 rings (SSSR count). The molecule has 1 atom stereocenters. The zero-order valence-electron chi connectivity index (χ0n) is 14.6. The number of amides is 1. The zero-order valence-corrected chi connectivity index (χ0v) is 15.4. The van der Waals surface area contributed by atoms with Gasteiger partial charge in [-0.25, -0.2) is 12.8 Å². The summed E-state index contributed by atoms with van der Waals surface area (Å²) in [4.78, 5) is 13.6. The second-order valence-corrected chi connectivity index (χ2v) is 8.84. The molecule has 1 aromatic rings. The van der Waals surface area contributed by atoms with Crippen LogP contribution in [-0.2, 0) is 14.8 Å². The molecular formula is C18H25FN2O3S. The van der Waals surface area contributed by atoms with Crippen LogP contribution >= 0.6 is 0 Å². The maximum absolute atomic E-state index is 13.8. The normalized spacial score (nSPS) is 22.6. The van der Waals surface area contributed by atoms with E-state index in [4.69, 9.17) is 0 Å². The first-order valence-electron chi connectivity index (χ1n) is 8.95. The Kier molecular flexibility index (Phi) is 5.43. The maximum Gasteiger partial charge on any atom is 0.243 e. The molecule has 0 aliphatic carbocycles. The number of aryl methyl sites for hydroxylation is 1. The van der Waals surface area contributed by atoms with Crippen molar-refractivity contribution in [3.05, 3.63) is 29.6 Å². The van der Waals surface area contributed by atoms with Crippen molar-refractivity contribution in [3.63, 3.8) is 0 Å². The van der Waals surface area contributed by atoms with Gasteiger partial charge in [-0.05, 0) is 50.3 Å². The van der Waals surface area contributed by atoms with Gasteiger partial charge in [0.15, 0.2) is 0 Å². The quantitative estimate of drug-likeness (QED) is 0.803. The number of sulfonamides is 1. The largest absolute Gasteiger partial charge is 0.343 e. The first-order chi connectivity index (χ1) is 11.9. The minimum Gasteiger partial charge on any atom is -0.343 e. The topological polar surface area (TPSA) is 57.7 Å². The Labute approximate surface area is 148 Å². The van der Waals surface area contributed by atoms with Crippen LogP contribution in [0.1, 0.15) is 44.1 Å². The minimum absolute atomic E-state index is 0.0137. The lowest BCUT2D eigenvalue weighted by Gasteiger charge is -2.35. The van der Waals surface area contributed by atoms with Gasteiger partial charge in [0.05, 0.1) is 4.90 Å². The van der Waals surface area contributed by atoms with E-state index in [-0.39, 0.29) is 16.8 Å². The summed E-state index contributed by atoms with van der Waals surface area (Å²) in [6.07, 6.45) is 4.69. The molecule has 1 amide bonds. The number of benzene rings is 1. The lowest BCUT2D eigenvalue weighted by molar-refractivity contribution is -0.127. The number of likely N-dealkylation sites (tertiary alicyclic amines) is 1. The molecule has 0 bridgehead atoms. The van der Waals surface area contributed by atoms with Gasteiger partial charge in [0.25, 0.3) is 0 Å². The van der Waals surface area contributed by atoms with Crippen molar-refractivity contribution in [2.75, 3.05) is 19.6 Å². The molecule has 0 aromatic heterocycles. The highest BCUT2D eigenvalue weighted by molar-refractivity contribution is 7.89. The Hall–Kier alpha value is -1.47. The maximum atomic E-state index is 13.8. The zero-order chi connectivity index (χ0) is 18.0. The summed E-state index contributed by atoms with van der Waals surface area (Å²) in [6, 6.07) is 3.96. The van der Waals surface area contributed by atoms with Gasteiger partial charge in [0.2, 0.25) is 15.9 Å². The number of hydrogen-bond acceptors (Lipinski definition) is 3. The van der Waals surface area contributed by atoms with Gasteiger partial charge in [0.1, 0.15) is 5.82 Å². The molecular weight excluding hydrogens is 343 g/mol. The molecule has 2 aliphatic heterocycles. The molecule has 0 unspecified atom stereocenters. The molecule has 5 nitrogen and oxygen atoms in total. The van der Waals surface area contributed by atoms with E-state index in [9.17, 15) is 17.6 Å². The molecule has 25 heavy (non-hydrogen) atoms. The van der Waals surface area contributed by atoms with Gasteiger partial charge in [-0.1, -0.05) is 12.5 Å². The summed E-state index contributed by atoms with van der Waals surface area (Å²) in [5.74, 6) is -0.344. The lowest BCUT2D eigenvalue weighted by Crippen LogP contribution is -2.45. The van der Waals surface area contributed by atoms with Crippen LogP contribution in [0, 0.1) is 12.7 Å². The average molecular weight is 368 g/mol. The second-order valence-electron chi connectivity index (χ2n) is 6.95. The summed E-state index contributed by atoms with van der Waals surface area (Å²) >= 11 is 0. The molecule has 138 valence electrons. The molecule has 2 heterocycles. The highest BCUT2D eigenvalue weighted by Gasteiger charge is 2.34. The molecule has 1 aromatic carbocycles. The van der Waals surface area contributed by atoms with E-state index >= 15 is 0 Å². The van der Waals surface area contributed by atoms with Gasteiger partial charge >= 0.3 is 0 Å². The number of halogens is 1. The van der Waals surface area contributed by atoms with Crippen molar-refractivity contribution in [3.8, 4) is 0 Å². The number of piperidine rings is 1. The standard InChI is InChI=1S/C18H25FN2O3S/c1-14-7-8-16(13-17(14)19)25(23,24)21-11-3-2-5-15(21)9-12-20-10-4-6-18(20)22/h7-8,13,15H,2-6,9-12H2,1H3/t15-/m1/s1. The summed E-state index contributed by atoms with van der Waals surface area (Å²) < 4.78 is 41.4. The van der Waals surface area contributed by atoms with Crippen LogP contribution in [0.2, 0.25) is 0 Å². The monoisotopic (exact) mass is 368 g/mol. The highest BCUT2D eigenvalue weighted by atomic mass is 32.2. The first-order valence-corrected chi connectivity index (χ1v) is 10.4. The number of nitrogens with zero attached hydrogens (tertiary/aromatic N) is 2. The average Bonchev–Trinajstić information content (AvgIpc) is 3.00. The van der Waals surface area contributed by atoms with Gasteiger partial charge in [-0.15, -0.1) is 0 Å². The summed E-state index contributed by atoms with van der Waals surface area (Å²) in [5, 5.41) is 0. The van der Waals surface area contributed by atoms with Crippen molar-refractivity contribution in [1.29, 1.82) is 0 Å². The third-order valence-electron chi connectivity index (χ3n) is 5.23. The number of hydrogen-bond donors (Lipinski definition) is 0. The number of carbonyl (C=O) groups excluding carboxylic acids is 1. The Bertz CT molecular complexity index is 751. The van der Waals surface area contributed by atoms with Gasteiger partial charge < -0.3 is 4.90 Å². The van der Waals surface area contributed by atoms with Crippen LogP contribution in [-0.4, -0.2) is 49.2 Å². The third kappa shape index (κ3) is 3.87. The van der Waals surface area contributed by atoms with E-state index in [1.54, 1.807) is 6.92 Å². The summed E-state index contributed by atoms with van der Waals surface area (Å²) in [6.45, 7) is 3.43. The smallest absolute Gasteiger partial charge is 0.243 e. The Morgan fingerprint density at radius 3 is 2.68 bits per heavy atom. The molecule has 0 radical (unpaired) electrons. The van der Waals surface area contributed by atoms with E-state index in [0.717, 1.165) is 38.3 Å². The van der Waals surface area contributed by atoms with E-state index < -0.39 is 15.8 Å². The van der Waals surface area contributed by atoms with Crippen LogP contribution in [0.3, 0.4) is 0 Å². The predicted molar refractivity (Wildman–Crippen MR) is 93.1 cm³/mol. The van der Waals surface area contributed by atoms with Gasteiger partial charge in [0, 0.05) is 32.1 Å². The fourth-order valence-corrected chi connectivity index (χ4v) is 5.43. The molecule has 0 N–H and O–H groups in total. The van der Waals surface area contributed by atoms with Gasteiger partial charge in [-0.3, -0.25) is 4.79 Å². The van der Waals surface area contributed by atoms with Crippen molar-refractivity contribution in [2.45, 2.75) is 56.4 Å². The molecule has 2 aliphatic rings. The Balaban J connectivity index is 1.76. The first kappa shape index (κ1) is 18.3. The van der Waals surface area contributed by atoms with E-state index in [0.29, 0.717) is 31.5 Å². The van der Waals surface area contributed by atoms with Crippen molar-refractivity contribution < 1.29 is 17.6 Å². The van der Waals surface area contributed by atoms with Crippen LogP contribution < -0.4 is 0 Å². The van der Waals surface area contributed by atoms with Crippen LogP contribution in [0.15, 0.2) is 23.1 Å². The van der Waals surface area contributed by atoms with Gasteiger partial charge in [-0.2, -0.15) is 4.31 Å². The van der Waals surface area contributed by atoms with Crippen LogP contribution in [0.25, 0.3) is 0 Å². The van der Waals surface area contributed by atoms with E-state index in [2.05, 4.69) is 0 Å². The predicted octanol–water partition coefficient (Wildman–Crippen LogP) is 2.69. The molecule has 2 fully saturated rings. The summed E-state index contributed by atoms with van der Waals surface area (Å²) in [5.41, 5.74) is 0.432. The Morgan fingerprint density at radius 1 is 1.20 bits per heavy atom. The van der Waals surface area contributed by atoms with Crippen LogP contribution in [0.4, 0.5) is 4.39 Å². The lowest BCUT2D eigenvalue weighted by atomic mass is 10.0. The fourth-order valence-electron chi connectivity index (χ4n) is 3.69. The molecule has 2 saturated heterocycles. The number of carbonyl (C=O) groups is 1. The second kappa shape index (κ2) is 7.41. The summed E-state index contributed by atoms with van der Waals surface area (Å²) in [7, 11) is -3.72. The van der Waals surface area contributed by atoms with Crippen molar-refractivity contribution in [1.82, 2.24) is 9.21 Å². The molecule has 7 heteroatoms. The SMILES string of the molecule is Cc1ccc(S(=O)(=O)N2CCCC[C@@H]2CCN2CCCC2=O)cc1F. The fraction of sp³-hybridized carbons (Fsp3) is 0.611. The Morgan fingerprint density at radius 2 is 2.00 bits per heavy atom. The van der Waals surface area contributed by atoms with Crippen LogP contribution in [0.5, 0.6) is 0 Å². The van der Waals surface area contributed by atoms with E-state index in [1.165, 1.54) is 16.4 Å².